The minimum Gasteiger partial charge on any atom is -0.242 e. The van der Waals surface area contributed by atoms with Gasteiger partial charge in [0.2, 0.25) is 0 Å². The van der Waals surface area contributed by atoms with E-state index in [1.807, 2.05) is 26.8 Å². The molecule has 2 nitrogen and oxygen atoms in total. The topological polar surface area (TPSA) is 29.1 Å². The Hall–Kier alpha value is -0.150. The molecule has 0 fully saturated rings. The van der Waals surface area contributed by atoms with E-state index in [0.717, 1.165) is 12.8 Å². The Labute approximate surface area is 129 Å². The van der Waals surface area contributed by atoms with Crippen molar-refractivity contribution < 1.29 is 4.21 Å². The second-order valence-electron chi connectivity index (χ2n) is 6.63. The van der Waals surface area contributed by atoms with E-state index in [4.69, 9.17) is 0 Å². The summed E-state index contributed by atoms with van der Waals surface area (Å²) in [6.45, 7) is 12.1. The third-order valence-electron chi connectivity index (χ3n) is 3.44. The van der Waals surface area contributed by atoms with Crippen LogP contribution in [-0.2, 0) is 11.0 Å². The number of hydrogen-bond acceptors (Lipinski definition) is 1. The molecule has 0 aromatic rings. The lowest BCUT2D eigenvalue weighted by molar-refractivity contribution is 0.505. The molecular weight excluding hydrogens is 266 g/mol. The van der Waals surface area contributed by atoms with Crippen molar-refractivity contribution in [3.63, 3.8) is 0 Å². The summed E-state index contributed by atoms with van der Waals surface area (Å²) in [6.07, 6.45) is 13.2. The van der Waals surface area contributed by atoms with Gasteiger partial charge in [-0.25, -0.2) is 8.93 Å². The Morgan fingerprint density at radius 1 is 1.10 bits per heavy atom. The zero-order valence-electron chi connectivity index (χ0n) is 14.0. The zero-order chi connectivity index (χ0) is 15.4. The largest absolute Gasteiger partial charge is 0.242 e. The molecule has 3 heteroatoms. The van der Waals surface area contributed by atoms with Crippen LogP contribution in [0.4, 0.5) is 0 Å². The van der Waals surface area contributed by atoms with Crippen molar-refractivity contribution in [1.29, 1.82) is 0 Å². The SMILES string of the molecule is C=CC[C@H](CCCCCCCCC)NS(=O)C(C)(C)C. The third-order valence-corrected chi connectivity index (χ3v) is 5.10. The highest BCUT2D eigenvalue weighted by molar-refractivity contribution is 7.84. The van der Waals surface area contributed by atoms with Gasteiger partial charge in [0.15, 0.2) is 0 Å². The summed E-state index contributed by atoms with van der Waals surface area (Å²) in [4.78, 5) is 0. The van der Waals surface area contributed by atoms with Gasteiger partial charge < -0.3 is 0 Å². The minimum atomic E-state index is -0.978. The molecule has 1 unspecified atom stereocenters. The van der Waals surface area contributed by atoms with Crippen molar-refractivity contribution >= 4 is 11.0 Å². The van der Waals surface area contributed by atoms with Crippen LogP contribution in [0.1, 0.15) is 85.5 Å². The molecule has 20 heavy (non-hydrogen) atoms. The summed E-state index contributed by atoms with van der Waals surface area (Å²) in [7, 11) is -0.978. The molecular formula is C17H35NOS. The molecule has 0 aliphatic heterocycles. The van der Waals surface area contributed by atoms with Crippen LogP contribution in [0, 0.1) is 0 Å². The van der Waals surface area contributed by atoms with Gasteiger partial charge in [0.05, 0.1) is 15.7 Å². The summed E-state index contributed by atoms with van der Waals surface area (Å²) < 4.78 is 15.2. The van der Waals surface area contributed by atoms with E-state index in [2.05, 4.69) is 18.2 Å². The van der Waals surface area contributed by atoms with Crippen LogP contribution < -0.4 is 4.72 Å². The summed E-state index contributed by atoms with van der Waals surface area (Å²) >= 11 is 0. The van der Waals surface area contributed by atoms with Crippen LogP contribution in [0.2, 0.25) is 0 Å². The monoisotopic (exact) mass is 301 g/mol. The molecule has 0 aromatic carbocycles. The van der Waals surface area contributed by atoms with Gasteiger partial charge in [-0.1, -0.05) is 57.9 Å². The highest BCUT2D eigenvalue weighted by Gasteiger charge is 2.21. The zero-order valence-corrected chi connectivity index (χ0v) is 14.9. The molecule has 0 spiro atoms. The van der Waals surface area contributed by atoms with Crippen LogP contribution in [-0.4, -0.2) is 15.0 Å². The minimum absolute atomic E-state index is 0.195. The lowest BCUT2D eigenvalue weighted by Gasteiger charge is -2.23. The maximum atomic E-state index is 12.1. The van der Waals surface area contributed by atoms with Crippen molar-refractivity contribution in [2.45, 2.75) is 96.3 Å². The van der Waals surface area contributed by atoms with Crippen molar-refractivity contribution in [2.24, 2.45) is 0 Å². The first-order valence-electron chi connectivity index (χ1n) is 8.20. The maximum Gasteiger partial charge on any atom is 0.0972 e. The number of unbranched alkanes of at least 4 members (excludes halogenated alkanes) is 6. The Kier molecular flexibility index (Phi) is 11.4. The summed E-state index contributed by atoms with van der Waals surface area (Å²) in [6, 6.07) is 0.309. The molecule has 0 amide bonds. The van der Waals surface area contributed by atoms with E-state index >= 15 is 0 Å². The van der Waals surface area contributed by atoms with Crippen molar-refractivity contribution in [3.8, 4) is 0 Å². The van der Waals surface area contributed by atoms with Gasteiger partial charge in [0, 0.05) is 6.04 Å². The number of nitrogens with one attached hydrogen (secondary N) is 1. The van der Waals surface area contributed by atoms with Crippen LogP contribution in [0.5, 0.6) is 0 Å². The second kappa shape index (κ2) is 11.5. The summed E-state index contributed by atoms with van der Waals surface area (Å²) in [5.74, 6) is 0. The van der Waals surface area contributed by atoms with E-state index in [0.29, 0.717) is 6.04 Å². The molecule has 0 aromatic heterocycles. The van der Waals surface area contributed by atoms with E-state index in [1.54, 1.807) is 0 Å². The molecule has 0 saturated heterocycles. The van der Waals surface area contributed by atoms with E-state index < -0.39 is 11.0 Å². The second-order valence-corrected chi connectivity index (χ2v) is 8.63. The third kappa shape index (κ3) is 10.6. The Morgan fingerprint density at radius 2 is 1.65 bits per heavy atom. The quantitative estimate of drug-likeness (QED) is 0.393. The first-order valence-corrected chi connectivity index (χ1v) is 9.35. The van der Waals surface area contributed by atoms with Crippen molar-refractivity contribution in [1.82, 2.24) is 4.72 Å². The lowest BCUT2D eigenvalue weighted by atomic mass is 10.0. The van der Waals surface area contributed by atoms with Gasteiger partial charge in [-0.05, 0) is 33.6 Å². The maximum absolute atomic E-state index is 12.1. The van der Waals surface area contributed by atoms with E-state index in [9.17, 15) is 4.21 Å². The smallest absolute Gasteiger partial charge is 0.0972 e. The molecule has 2 atom stereocenters. The predicted molar refractivity (Wildman–Crippen MR) is 92.2 cm³/mol. The summed E-state index contributed by atoms with van der Waals surface area (Å²) in [5.41, 5.74) is 0. The van der Waals surface area contributed by atoms with Gasteiger partial charge in [-0.3, -0.25) is 0 Å². The molecule has 1 N–H and O–H groups in total. The van der Waals surface area contributed by atoms with E-state index in [-0.39, 0.29) is 4.75 Å². The fourth-order valence-corrected chi connectivity index (χ4v) is 2.97. The summed E-state index contributed by atoms with van der Waals surface area (Å²) in [5, 5.41) is 0. The van der Waals surface area contributed by atoms with Crippen LogP contribution in [0.25, 0.3) is 0 Å². The number of hydrogen-bond donors (Lipinski definition) is 1. The molecule has 0 bridgehead atoms. The standard InChI is InChI=1S/C17H35NOS/c1-6-8-9-10-11-12-13-15-16(14-7-2)18-20(19)17(3,4)5/h7,16,18H,2,6,8-15H2,1,3-5H3/t16-,20?/m1/s1. The molecule has 120 valence electrons. The normalized spacial score (nSPS) is 15.0. The van der Waals surface area contributed by atoms with Gasteiger partial charge in [-0.2, -0.15) is 0 Å². The predicted octanol–water partition coefficient (Wildman–Crippen LogP) is 5.12. The number of rotatable bonds is 12. The highest BCUT2D eigenvalue weighted by Crippen LogP contribution is 2.14. The fourth-order valence-electron chi connectivity index (χ4n) is 2.10. The van der Waals surface area contributed by atoms with Crippen LogP contribution >= 0.6 is 0 Å². The van der Waals surface area contributed by atoms with Crippen molar-refractivity contribution in [2.75, 3.05) is 0 Å². The molecule has 0 heterocycles. The van der Waals surface area contributed by atoms with Crippen LogP contribution in [0.15, 0.2) is 12.7 Å². The van der Waals surface area contributed by atoms with Gasteiger partial charge in [-0.15, -0.1) is 6.58 Å². The average Bonchev–Trinajstić information content (AvgIpc) is 2.36. The molecule has 0 rings (SSSR count). The van der Waals surface area contributed by atoms with Gasteiger partial charge >= 0.3 is 0 Å². The molecule has 0 aliphatic rings. The Morgan fingerprint density at radius 3 is 2.15 bits per heavy atom. The first kappa shape index (κ1) is 19.9. The van der Waals surface area contributed by atoms with Crippen LogP contribution in [0.3, 0.4) is 0 Å². The average molecular weight is 302 g/mol. The molecule has 0 radical (unpaired) electrons. The van der Waals surface area contributed by atoms with Gasteiger partial charge in [0.25, 0.3) is 0 Å². The Bertz CT molecular complexity index is 271. The lowest BCUT2D eigenvalue weighted by Crippen LogP contribution is -2.39. The fraction of sp³-hybridized carbons (Fsp3) is 0.882. The van der Waals surface area contributed by atoms with Crippen molar-refractivity contribution in [3.05, 3.63) is 12.7 Å². The van der Waals surface area contributed by atoms with E-state index in [1.165, 1.54) is 44.9 Å². The highest BCUT2D eigenvalue weighted by atomic mass is 32.2. The molecule has 0 saturated carbocycles. The van der Waals surface area contributed by atoms with Gasteiger partial charge in [0.1, 0.15) is 0 Å². The molecule has 0 aliphatic carbocycles. The first-order chi connectivity index (χ1) is 9.41. The Balaban J connectivity index is 3.86.